The molecule has 1 aromatic rings. The van der Waals surface area contributed by atoms with Crippen LogP contribution in [0.2, 0.25) is 5.02 Å². The van der Waals surface area contributed by atoms with E-state index in [9.17, 15) is 22.8 Å². The molecular formula is C17H24ClN3O6S. The number of sulfonamides is 1. The van der Waals surface area contributed by atoms with E-state index in [2.05, 4.69) is 5.32 Å². The molecule has 0 spiro atoms. The minimum Gasteiger partial charge on any atom is -0.452 e. The number of amides is 3. The molecule has 0 saturated carbocycles. The first kappa shape index (κ1) is 23.9. The van der Waals surface area contributed by atoms with Crippen molar-refractivity contribution in [1.29, 1.82) is 0 Å². The molecule has 0 heterocycles. The fourth-order valence-corrected chi connectivity index (χ4v) is 4.15. The van der Waals surface area contributed by atoms with Crippen LogP contribution in [0, 0.1) is 0 Å². The van der Waals surface area contributed by atoms with Crippen molar-refractivity contribution >= 4 is 39.5 Å². The molecule has 0 atom stereocenters. The molecule has 156 valence electrons. The average molecular weight is 434 g/mol. The van der Waals surface area contributed by atoms with E-state index in [-0.39, 0.29) is 28.6 Å². The number of esters is 1. The standard InChI is InChI=1S/C17H24ClN3O6S/c1-4-9-19-17(24)20-15(22)11-27-16(23)12-7-8-13(18)14(10-12)28(25,26)21(5-2)6-3/h7-8,10H,4-6,9,11H2,1-3H3,(H2,19,20,22,24). The van der Waals surface area contributed by atoms with Gasteiger partial charge in [0.15, 0.2) is 6.61 Å². The lowest BCUT2D eigenvalue weighted by molar-refractivity contribution is -0.123. The van der Waals surface area contributed by atoms with Crippen LogP contribution >= 0.6 is 11.6 Å². The van der Waals surface area contributed by atoms with Crippen LogP contribution < -0.4 is 10.6 Å². The predicted molar refractivity (Wildman–Crippen MR) is 104 cm³/mol. The number of halogens is 1. The second kappa shape index (κ2) is 11.0. The number of benzene rings is 1. The third-order valence-electron chi connectivity index (χ3n) is 3.61. The highest BCUT2D eigenvalue weighted by molar-refractivity contribution is 7.89. The van der Waals surface area contributed by atoms with E-state index in [1.165, 1.54) is 16.4 Å². The fraction of sp³-hybridized carbons (Fsp3) is 0.471. The van der Waals surface area contributed by atoms with Gasteiger partial charge in [0, 0.05) is 19.6 Å². The average Bonchev–Trinajstić information content (AvgIpc) is 2.65. The number of carbonyl (C=O) groups is 3. The van der Waals surface area contributed by atoms with Gasteiger partial charge in [-0.15, -0.1) is 0 Å². The molecular weight excluding hydrogens is 410 g/mol. The number of rotatable bonds is 9. The van der Waals surface area contributed by atoms with E-state index in [0.29, 0.717) is 13.0 Å². The summed E-state index contributed by atoms with van der Waals surface area (Å²) >= 11 is 6.00. The molecule has 3 amide bonds. The van der Waals surface area contributed by atoms with Crippen molar-refractivity contribution in [3.63, 3.8) is 0 Å². The molecule has 0 unspecified atom stereocenters. The van der Waals surface area contributed by atoms with E-state index in [1.807, 2.05) is 12.2 Å². The quantitative estimate of drug-likeness (QED) is 0.572. The maximum absolute atomic E-state index is 12.6. The second-order valence-corrected chi connectivity index (χ2v) is 7.93. The topological polar surface area (TPSA) is 122 Å². The maximum Gasteiger partial charge on any atom is 0.338 e. The van der Waals surface area contributed by atoms with E-state index >= 15 is 0 Å². The molecule has 0 fully saturated rings. The Bertz CT molecular complexity index is 824. The van der Waals surface area contributed by atoms with Gasteiger partial charge in [-0.1, -0.05) is 32.4 Å². The minimum atomic E-state index is -3.88. The Morgan fingerprint density at radius 2 is 1.79 bits per heavy atom. The van der Waals surface area contributed by atoms with Crippen molar-refractivity contribution < 1.29 is 27.5 Å². The third-order valence-corrected chi connectivity index (χ3v) is 6.14. The maximum atomic E-state index is 12.6. The Hall–Kier alpha value is -2.17. The monoisotopic (exact) mass is 433 g/mol. The lowest BCUT2D eigenvalue weighted by Gasteiger charge is -2.19. The van der Waals surface area contributed by atoms with Crippen LogP contribution in [0.3, 0.4) is 0 Å². The van der Waals surface area contributed by atoms with Crippen molar-refractivity contribution in [2.75, 3.05) is 26.2 Å². The Morgan fingerprint density at radius 3 is 2.36 bits per heavy atom. The molecule has 1 rings (SSSR count). The molecule has 0 bridgehead atoms. The normalized spacial score (nSPS) is 11.2. The van der Waals surface area contributed by atoms with Crippen molar-refractivity contribution in [2.24, 2.45) is 0 Å². The van der Waals surface area contributed by atoms with Gasteiger partial charge in [-0.05, 0) is 24.6 Å². The Morgan fingerprint density at radius 1 is 1.14 bits per heavy atom. The van der Waals surface area contributed by atoms with Crippen LogP contribution in [-0.4, -0.2) is 56.9 Å². The van der Waals surface area contributed by atoms with E-state index in [1.54, 1.807) is 13.8 Å². The van der Waals surface area contributed by atoms with Gasteiger partial charge in [0.2, 0.25) is 10.0 Å². The molecule has 0 aliphatic heterocycles. The number of urea groups is 1. The van der Waals surface area contributed by atoms with Gasteiger partial charge in [-0.2, -0.15) is 4.31 Å². The van der Waals surface area contributed by atoms with Crippen LogP contribution in [0.4, 0.5) is 4.79 Å². The van der Waals surface area contributed by atoms with Gasteiger partial charge >= 0.3 is 12.0 Å². The Kier molecular flexibility index (Phi) is 9.36. The number of nitrogens with zero attached hydrogens (tertiary/aromatic N) is 1. The second-order valence-electron chi connectivity index (χ2n) is 5.61. The largest absolute Gasteiger partial charge is 0.452 e. The van der Waals surface area contributed by atoms with Crippen LogP contribution in [0.15, 0.2) is 23.1 Å². The summed E-state index contributed by atoms with van der Waals surface area (Å²) < 4.78 is 31.3. The number of carbonyl (C=O) groups excluding carboxylic acids is 3. The molecule has 0 aliphatic carbocycles. The van der Waals surface area contributed by atoms with Crippen LogP contribution in [-0.2, 0) is 19.6 Å². The highest BCUT2D eigenvalue weighted by Gasteiger charge is 2.26. The smallest absolute Gasteiger partial charge is 0.338 e. The SMILES string of the molecule is CCCNC(=O)NC(=O)COC(=O)c1ccc(Cl)c(S(=O)(=O)N(CC)CC)c1. The summed E-state index contributed by atoms with van der Waals surface area (Å²) in [5, 5.41) is 4.41. The van der Waals surface area contributed by atoms with E-state index in [4.69, 9.17) is 16.3 Å². The van der Waals surface area contributed by atoms with Crippen LogP contribution in [0.25, 0.3) is 0 Å². The number of hydrogen-bond acceptors (Lipinski definition) is 6. The first-order valence-electron chi connectivity index (χ1n) is 8.71. The molecule has 1 aromatic carbocycles. The third kappa shape index (κ3) is 6.47. The van der Waals surface area contributed by atoms with Crippen molar-refractivity contribution in [3.05, 3.63) is 28.8 Å². The summed E-state index contributed by atoms with van der Waals surface area (Å²) in [5.41, 5.74) is -0.0848. The lowest BCUT2D eigenvalue weighted by Crippen LogP contribution is -2.41. The summed E-state index contributed by atoms with van der Waals surface area (Å²) in [4.78, 5) is 34.9. The van der Waals surface area contributed by atoms with Gasteiger partial charge in [-0.3, -0.25) is 10.1 Å². The van der Waals surface area contributed by atoms with Crippen molar-refractivity contribution in [3.8, 4) is 0 Å². The predicted octanol–water partition coefficient (Wildman–Crippen LogP) is 1.76. The number of ether oxygens (including phenoxy) is 1. The number of imide groups is 1. The van der Waals surface area contributed by atoms with Crippen molar-refractivity contribution in [2.45, 2.75) is 32.1 Å². The van der Waals surface area contributed by atoms with Gasteiger partial charge in [0.1, 0.15) is 4.90 Å². The van der Waals surface area contributed by atoms with Gasteiger partial charge < -0.3 is 10.1 Å². The highest BCUT2D eigenvalue weighted by atomic mass is 35.5. The molecule has 28 heavy (non-hydrogen) atoms. The minimum absolute atomic E-state index is 0.0335. The molecule has 0 radical (unpaired) electrons. The molecule has 2 N–H and O–H groups in total. The highest BCUT2D eigenvalue weighted by Crippen LogP contribution is 2.26. The van der Waals surface area contributed by atoms with E-state index < -0.39 is 34.5 Å². The van der Waals surface area contributed by atoms with Gasteiger partial charge in [-0.25, -0.2) is 18.0 Å². The molecule has 0 saturated heterocycles. The summed E-state index contributed by atoms with van der Waals surface area (Å²) in [6.45, 7) is 5.40. The molecule has 11 heteroatoms. The Labute approximate surface area is 169 Å². The summed E-state index contributed by atoms with van der Waals surface area (Å²) in [6, 6.07) is 2.97. The fourth-order valence-electron chi connectivity index (χ4n) is 2.19. The van der Waals surface area contributed by atoms with Gasteiger partial charge in [0.25, 0.3) is 5.91 Å². The molecule has 9 nitrogen and oxygen atoms in total. The van der Waals surface area contributed by atoms with Crippen LogP contribution in [0.5, 0.6) is 0 Å². The number of hydrogen-bond donors (Lipinski definition) is 2. The van der Waals surface area contributed by atoms with Crippen LogP contribution in [0.1, 0.15) is 37.6 Å². The van der Waals surface area contributed by atoms with Gasteiger partial charge in [0.05, 0.1) is 10.6 Å². The Balaban J connectivity index is 2.85. The first-order chi connectivity index (χ1) is 13.2. The zero-order valence-electron chi connectivity index (χ0n) is 16.0. The zero-order valence-corrected chi connectivity index (χ0v) is 17.5. The number of nitrogens with one attached hydrogen (secondary N) is 2. The van der Waals surface area contributed by atoms with E-state index in [0.717, 1.165) is 6.07 Å². The summed E-state index contributed by atoms with van der Waals surface area (Å²) in [5.74, 6) is -1.73. The summed E-state index contributed by atoms with van der Waals surface area (Å²) in [6.07, 6.45) is 0.700. The lowest BCUT2D eigenvalue weighted by atomic mass is 10.2. The zero-order chi connectivity index (χ0) is 21.3. The first-order valence-corrected chi connectivity index (χ1v) is 10.5. The molecule has 0 aliphatic rings. The van der Waals surface area contributed by atoms with Crippen molar-refractivity contribution in [1.82, 2.24) is 14.9 Å². The summed E-state index contributed by atoms with van der Waals surface area (Å²) in [7, 11) is -3.88. The molecule has 0 aromatic heterocycles.